The molecule has 0 fully saturated rings. The molecule has 4 nitrogen and oxygen atoms in total. The molecule has 1 aromatic heterocycles. The van der Waals surface area contributed by atoms with E-state index in [2.05, 4.69) is 15.5 Å². The zero-order valence-corrected chi connectivity index (χ0v) is 11.1. The second kappa shape index (κ2) is 5.29. The molecule has 6 heteroatoms. The molecule has 17 heavy (non-hydrogen) atoms. The second-order valence-electron chi connectivity index (χ2n) is 3.35. The van der Waals surface area contributed by atoms with E-state index in [4.69, 9.17) is 0 Å². The number of carbonyl (C=O) groups excluding carboxylic acids is 1. The van der Waals surface area contributed by atoms with Crippen LogP contribution in [-0.2, 0) is 0 Å². The normalized spacial score (nSPS) is 10.2. The van der Waals surface area contributed by atoms with E-state index in [9.17, 15) is 4.79 Å². The van der Waals surface area contributed by atoms with E-state index in [1.807, 2.05) is 31.4 Å². The Hall–Kier alpha value is -1.40. The van der Waals surface area contributed by atoms with Crippen molar-refractivity contribution in [2.75, 3.05) is 11.6 Å². The van der Waals surface area contributed by atoms with Gasteiger partial charge in [0.2, 0.25) is 5.13 Å². The third-order valence-corrected chi connectivity index (χ3v) is 4.01. The Morgan fingerprint density at radius 2 is 2.12 bits per heavy atom. The van der Waals surface area contributed by atoms with Gasteiger partial charge in [0.15, 0.2) is 4.34 Å². The number of aromatic nitrogens is 2. The highest BCUT2D eigenvalue weighted by Gasteiger charge is 2.11. The number of amides is 1. The van der Waals surface area contributed by atoms with Gasteiger partial charge >= 0.3 is 0 Å². The molecule has 1 heterocycles. The third kappa shape index (κ3) is 2.83. The number of hydrogen-bond acceptors (Lipinski definition) is 5. The smallest absolute Gasteiger partial charge is 0.257 e. The van der Waals surface area contributed by atoms with Crippen molar-refractivity contribution in [2.24, 2.45) is 0 Å². The van der Waals surface area contributed by atoms with Crippen LogP contribution in [0.1, 0.15) is 15.9 Å². The van der Waals surface area contributed by atoms with Crippen LogP contribution in [0, 0.1) is 6.92 Å². The van der Waals surface area contributed by atoms with Crippen LogP contribution in [0.4, 0.5) is 5.13 Å². The third-order valence-electron chi connectivity index (χ3n) is 2.19. The van der Waals surface area contributed by atoms with E-state index in [0.717, 1.165) is 9.90 Å². The molecule has 1 aromatic carbocycles. The molecule has 0 aliphatic rings. The van der Waals surface area contributed by atoms with Gasteiger partial charge in [0, 0.05) is 5.56 Å². The minimum atomic E-state index is -0.146. The van der Waals surface area contributed by atoms with Gasteiger partial charge in [0.05, 0.1) is 0 Å². The number of thioether (sulfide) groups is 1. The molecule has 2 aromatic rings. The van der Waals surface area contributed by atoms with Gasteiger partial charge in [-0.05, 0) is 24.8 Å². The largest absolute Gasteiger partial charge is 0.296 e. The number of benzene rings is 1. The summed E-state index contributed by atoms with van der Waals surface area (Å²) in [6.07, 6.45) is 1.92. The highest BCUT2D eigenvalue weighted by atomic mass is 32.2. The van der Waals surface area contributed by atoms with Crippen LogP contribution in [0.15, 0.2) is 28.6 Å². The molecule has 0 spiro atoms. The fourth-order valence-electron chi connectivity index (χ4n) is 1.33. The second-order valence-corrected chi connectivity index (χ2v) is 5.38. The first-order valence-electron chi connectivity index (χ1n) is 4.95. The predicted molar refractivity (Wildman–Crippen MR) is 70.8 cm³/mol. The molecule has 0 atom stereocenters. The SMILES string of the molecule is CSc1nnc(NC(=O)c2ccccc2C)s1. The van der Waals surface area contributed by atoms with Gasteiger partial charge < -0.3 is 0 Å². The van der Waals surface area contributed by atoms with Gasteiger partial charge in [-0.2, -0.15) is 0 Å². The van der Waals surface area contributed by atoms with E-state index in [0.29, 0.717) is 10.7 Å². The van der Waals surface area contributed by atoms with Crippen molar-refractivity contribution in [3.8, 4) is 0 Å². The topological polar surface area (TPSA) is 54.9 Å². The lowest BCUT2D eigenvalue weighted by Gasteiger charge is -2.03. The monoisotopic (exact) mass is 265 g/mol. The van der Waals surface area contributed by atoms with Crippen molar-refractivity contribution in [2.45, 2.75) is 11.3 Å². The highest BCUT2D eigenvalue weighted by Crippen LogP contribution is 2.23. The number of anilines is 1. The number of carbonyl (C=O) groups is 1. The molecule has 1 amide bonds. The minimum absolute atomic E-state index is 0.146. The van der Waals surface area contributed by atoms with Crippen molar-refractivity contribution in [1.29, 1.82) is 0 Å². The van der Waals surface area contributed by atoms with Crippen molar-refractivity contribution >= 4 is 34.1 Å². The van der Waals surface area contributed by atoms with Crippen LogP contribution < -0.4 is 5.32 Å². The molecule has 0 aliphatic heterocycles. The summed E-state index contributed by atoms with van der Waals surface area (Å²) in [6, 6.07) is 7.45. The van der Waals surface area contributed by atoms with E-state index in [1.54, 1.807) is 6.07 Å². The van der Waals surface area contributed by atoms with Gasteiger partial charge in [-0.3, -0.25) is 10.1 Å². The Kier molecular flexibility index (Phi) is 3.75. The maximum Gasteiger partial charge on any atom is 0.257 e. The van der Waals surface area contributed by atoms with Gasteiger partial charge in [-0.1, -0.05) is 41.3 Å². The number of hydrogen-bond donors (Lipinski definition) is 1. The number of nitrogens with one attached hydrogen (secondary N) is 1. The zero-order chi connectivity index (χ0) is 12.3. The molecule has 0 bridgehead atoms. The summed E-state index contributed by atoms with van der Waals surface area (Å²) < 4.78 is 0.838. The van der Waals surface area contributed by atoms with Crippen LogP contribution in [0.5, 0.6) is 0 Å². The molecule has 88 valence electrons. The van der Waals surface area contributed by atoms with Crippen molar-refractivity contribution in [1.82, 2.24) is 10.2 Å². The Morgan fingerprint density at radius 3 is 2.76 bits per heavy atom. The first-order valence-corrected chi connectivity index (χ1v) is 6.99. The summed E-state index contributed by atoms with van der Waals surface area (Å²) >= 11 is 2.88. The summed E-state index contributed by atoms with van der Waals surface area (Å²) in [5, 5.41) is 11.1. The quantitative estimate of drug-likeness (QED) is 0.685. The summed E-state index contributed by atoms with van der Waals surface area (Å²) in [4.78, 5) is 12.0. The predicted octanol–water partition coefficient (Wildman–Crippen LogP) is 2.82. The summed E-state index contributed by atoms with van der Waals surface area (Å²) in [5.74, 6) is -0.146. The van der Waals surface area contributed by atoms with Crippen LogP contribution >= 0.6 is 23.1 Å². The number of rotatable bonds is 3. The first-order chi connectivity index (χ1) is 8.20. The van der Waals surface area contributed by atoms with Crippen LogP contribution in [0.25, 0.3) is 0 Å². The van der Waals surface area contributed by atoms with E-state index in [1.165, 1.54) is 23.1 Å². The molecule has 0 saturated heterocycles. The summed E-state index contributed by atoms with van der Waals surface area (Å²) in [7, 11) is 0. The van der Waals surface area contributed by atoms with Crippen molar-refractivity contribution in [3.63, 3.8) is 0 Å². The molecular formula is C11H11N3OS2. The number of nitrogens with zero attached hydrogens (tertiary/aromatic N) is 2. The molecular weight excluding hydrogens is 254 g/mol. The Balaban J connectivity index is 2.14. The van der Waals surface area contributed by atoms with Crippen molar-refractivity contribution in [3.05, 3.63) is 35.4 Å². The van der Waals surface area contributed by atoms with Crippen LogP contribution in [0.2, 0.25) is 0 Å². The van der Waals surface area contributed by atoms with Crippen molar-refractivity contribution < 1.29 is 4.79 Å². The lowest BCUT2D eigenvalue weighted by Crippen LogP contribution is -2.12. The molecule has 0 aliphatic carbocycles. The van der Waals surface area contributed by atoms with Crippen LogP contribution in [-0.4, -0.2) is 22.4 Å². The van der Waals surface area contributed by atoms with E-state index < -0.39 is 0 Å². The minimum Gasteiger partial charge on any atom is -0.296 e. The molecule has 2 rings (SSSR count). The van der Waals surface area contributed by atoms with Gasteiger partial charge in [0.1, 0.15) is 0 Å². The Bertz CT molecular complexity index is 539. The standard InChI is InChI=1S/C11H11N3OS2/c1-7-5-3-4-6-8(7)9(15)12-10-13-14-11(16-2)17-10/h3-6H,1-2H3,(H,12,13,15). The van der Waals surface area contributed by atoms with E-state index in [-0.39, 0.29) is 5.91 Å². The van der Waals surface area contributed by atoms with Crippen LogP contribution in [0.3, 0.4) is 0 Å². The Morgan fingerprint density at radius 1 is 1.35 bits per heavy atom. The lowest BCUT2D eigenvalue weighted by atomic mass is 10.1. The molecule has 0 unspecified atom stereocenters. The molecule has 0 radical (unpaired) electrons. The molecule has 1 N–H and O–H groups in total. The Labute approximate surface area is 107 Å². The highest BCUT2D eigenvalue weighted by molar-refractivity contribution is 8.00. The van der Waals surface area contributed by atoms with E-state index >= 15 is 0 Å². The fourth-order valence-corrected chi connectivity index (χ4v) is 2.50. The summed E-state index contributed by atoms with van der Waals surface area (Å²) in [6.45, 7) is 1.91. The van der Waals surface area contributed by atoms with Gasteiger partial charge in [-0.15, -0.1) is 10.2 Å². The zero-order valence-electron chi connectivity index (χ0n) is 9.43. The molecule has 0 saturated carbocycles. The fraction of sp³-hybridized carbons (Fsp3) is 0.182. The lowest BCUT2D eigenvalue weighted by molar-refractivity contribution is 0.102. The van der Waals surface area contributed by atoms with Gasteiger partial charge in [0.25, 0.3) is 5.91 Å². The number of aryl methyl sites for hydroxylation is 1. The maximum absolute atomic E-state index is 12.0. The summed E-state index contributed by atoms with van der Waals surface area (Å²) in [5.41, 5.74) is 1.60. The van der Waals surface area contributed by atoms with Gasteiger partial charge in [-0.25, -0.2) is 0 Å². The first kappa shape index (κ1) is 12.1. The average Bonchev–Trinajstić information content (AvgIpc) is 2.77. The average molecular weight is 265 g/mol. The maximum atomic E-state index is 12.0.